The zero-order chi connectivity index (χ0) is 22.2. The van der Waals surface area contributed by atoms with Crippen molar-refractivity contribution in [2.24, 2.45) is 0 Å². The zero-order valence-electron chi connectivity index (χ0n) is 16.7. The third-order valence-corrected chi connectivity index (χ3v) is 5.23. The predicted molar refractivity (Wildman–Crippen MR) is 114 cm³/mol. The van der Waals surface area contributed by atoms with E-state index in [2.05, 4.69) is 10.3 Å². The number of fused-ring (bicyclic) bond motifs is 4. The number of carbonyl (C=O) groups excluding carboxylic acids is 2. The lowest BCUT2D eigenvalue weighted by atomic mass is 10.1. The average Bonchev–Trinajstić information content (AvgIpc) is 3.08. The molecule has 1 amide bonds. The molecule has 5 rings (SSSR count). The molecule has 0 unspecified atom stereocenters. The molecule has 158 valence electrons. The van der Waals surface area contributed by atoms with E-state index in [1.165, 1.54) is 16.7 Å². The highest BCUT2D eigenvalue weighted by Gasteiger charge is 2.30. The molecule has 1 N–H and O–H groups in total. The normalized spacial score (nSPS) is 11.8. The largest absolute Gasteiger partial charge is 0.445 e. The third-order valence-electron chi connectivity index (χ3n) is 5.23. The highest BCUT2D eigenvalue weighted by molar-refractivity contribution is 6.13. The van der Waals surface area contributed by atoms with Crippen LogP contribution in [0.2, 0.25) is 0 Å². The van der Waals surface area contributed by atoms with E-state index in [1.807, 2.05) is 30.3 Å². The Morgan fingerprint density at radius 1 is 1.00 bits per heavy atom. The fraction of sp³-hybridized carbons (Fsp3) is 0.0833. The van der Waals surface area contributed by atoms with E-state index in [0.717, 1.165) is 11.6 Å². The van der Waals surface area contributed by atoms with Crippen molar-refractivity contribution >= 4 is 22.8 Å². The maximum absolute atomic E-state index is 13.6. The van der Waals surface area contributed by atoms with Crippen molar-refractivity contribution in [3.05, 3.63) is 105 Å². The number of aromatic nitrogens is 2. The third kappa shape index (κ3) is 3.41. The first-order chi connectivity index (χ1) is 15.5. The summed E-state index contributed by atoms with van der Waals surface area (Å²) in [5.74, 6) is -1.13. The van der Waals surface area contributed by atoms with Gasteiger partial charge in [0, 0.05) is 6.54 Å². The van der Waals surface area contributed by atoms with Gasteiger partial charge in [0.05, 0.1) is 22.2 Å². The molecular formula is C24H16FN3O4. The van der Waals surface area contributed by atoms with E-state index in [4.69, 9.17) is 4.74 Å². The van der Waals surface area contributed by atoms with Crippen LogP contribution < -0.4 is 10.9 Å². The highest BCUT2D eigenvalue weighted by atomic mass is 19.1. The molecule has 1 aliphatic rings. The lowest BCUT2D eigenvalue weighted by Gasteiger charge is -2.09. The van der Waals surface area contributed by atoms with Crippen molar-refractivity contribution in [3.63, 3.8) is 0 Å². The van der Waals surface area contributed by atoms with Crippen LogP contribution in [0.1, 0.15) is 27.3 Å². The second-order valence-corrected chi connectivity index (χ2v) is 7.33. The Balaban J connectivity index is 1.37. The number of nitrogens with zero attached hydrogens (tertiary/aromatic N) is 2. The van der Waals surface area contributed by atoms with Gasteiger partial charge in [-0.05, 0) is 41.5 Å². The molecule has 2 heterocycles. The minimum atomic E-state index is -0.580. The van der Waals surface area contributed by atoms with Gasteiger partial charge in [-0.2, -0.15) is 0 Å². The van der Waals surface area contributed by atoms with Crippen molar-refractivity contribution in [2.45, 2.75) is 13.2 Å². The number of halogens is 1. The number of hydrogen-bond donors (Lipinski definition) is 1. The van der Waals surface area contributed by atoms with E-state index in [-0.39, 0.29) is 24.5 Å². The van der Waals surface area contributed by atoms with Crippen molar-refractivity contribution < 1.29 is 18.7 Å². The van der Waals surface area contributed by atoms with Crippen LogP contribution in [0.15, 0.2) is 71.5 Å². The zero-order valence-corrected chi connectivity index (χ0v) is 16.7. The molecule has 4 aromatic rings. The minimum absolute atomic E-state index is 0.0597. The number of ketones is 1. The number of rotatable bonds is 4. The summed E-state index contributed by atoms with van der Waals surface area (Å²) in [5.41, 5.74) is 1.88. The molecule has 0 aliphatic carbocycles. The summed E-state index contributed by atoms with van der Waals surface area (Å²) in [5, 5.41) is 2.96. The first-order valence-electron chi connectivity index (χ1n) is 9.86. The van der Waals surface area contributed by atoms with Gasteiger partial charge in [-0.3, -0.25) is 14.2 Å². The first kappa shape index (κ1) is 19.6. The quantitative estimate of drug-likeness (QED) is 0.472. The molecule has 0 saturated heterocycles. The Morgan fingerprint density at radius 3 is 2.62 bits per heavy atom. The van der Waals surface area contributed by atoms with Crippen LogP contribution in [0.3, 0.4) is 0 Å². The number of nitrogens with one attached hydrogen (secondary N) is 1. The molecule has 3 aromatic carbocycles. The van der Waals surface area contributed by atoms with Gasteiger partial charge >= 0.3 is 6.09 Å². The van der Waals surface area contributed by atoms with Crippen molar-refractivity contribution in [1.82, 2.24) is 14.9 Å². The van der Waals surface area contributed by atoms with Crippen molar-refractivity contribution in [3.8, 4) is 5.69 Å². The summed E-state index contributed by atoms with van der Waals surface area (Å²) >= 11 is 0. The lowest BCUT2D eigenvalue weighted by molar-refractivity contribution is 0.103. The summed E-state index contributed by atoms with van der Waals surface area (Å²) in [6.07, 6.45) is -0.580. The van der Waals surface area contributed by atoms with Gasteiger partial charge in [0.2, 0.25) is 5.78 Å². The molecular weight excluding hydrogens is 413 g/mol. The number of hydrogen-bond acceptors (Lipinski definition) is 5. The van der Waals surface area contributed by atoms with Crippen LogP contribution in [-0.2, 0) is 17.9 Å². The minimum Gasteiger partial charge on any atom is -0.445 e. The number of alkyl carbamates (subject to hydrolysis) is 1. The SMILES string of the molecule is O=C(NCc1ccc2c(=O)n3c(nc2c1)C(=O)c1cc(F)ccc1-3)OCc1ccccc1. The Kier molecular flexibility index (Phi) is 4.74. The standard InChI is InChI=1S/C24H16FN3O4/c25-16-7-9-20-18(11-16)21(29)22-27-19-10-15(6-8-17(19)23(30)28(20)22)12-26-24(31)32-13-14-4-2-1-3-5-14/h1-11H,12-13H2,(H,26,31). The predicted octanol–water partition coefficient (Wildman–Crippen LogP) is 3.50. The molecule has 0 saturated carbocycles. The van der Waals surface area contributed by atoms with Crippen LogP contribution >= 0.6 is 0 Å². The molecule has 0 atom stereocenters. The van der Waals surface area contributed by atoms with E-state index in [1.54, 1.807) is 18.2 Å². The Morgan fingerprint density at radius 2 is 1.81 bits per heavy atom. The Hall–Kier alpha value is -4.33. The van der Waals surface area contributed by atoms with Crippen LogP contribution in [0.4, 0.5) is 9.18 Å². The van der Waals surface area contributed by atoms with Gasteiger partial charge in [0.1, 0.15) is 12.4 Å². The molecule has 1 aliphatic heterocycles. The maximum atomic E-state index is 13.6. The topological polar surface area (TPSA) is 90.3 Å². The van der Waals surface area contributed by atoms with Gasteiger partial charge < -0.3 is 10.1 Å². The van der Waals surface area contributed by atoms with E-state index >= 15 is 0 Å². The second kappa shape index (κ2) is 7.73. The Bertz CT molecular complexity index is 1450. The molecule has 8 heteroatoms. The number of carbonyl (C=O) groups is 2. The van der Waals surface area contributed by atoms with E-state index in [9.17, 15) is 18.8 Å². The molecule has 0 spiro atoms. The fourth-order valence-corrected chi connectivity index (χ4v) is 3.67. The van der Waals surface area contributed by atoms with Crippen molar-refractivity contribution in [2.75, 3.05) is 0 Å². The van der Waals surface area contributed by atoms with E-state index < -0.39 is 23.3 Å². The van der Waals surface area contributed by atoms with Crippen LogP contribution in [0, 0.1) is 5.82 Å². The number of ether oxygens (including phenoxy) is 1. The molecule has 7 nitrogen and oxygen atoms in total. The van der Waals surface area contributed by atoms with Crippen LogP contribution in [-0.4, -0.2) is 21.4 Å². The van der Waals surface area contributed by atoms with Gasteiger partial charge in [0.25, 0.3) is 5.56 Å². The van der Waals surface area contributed by atoms with E-state index in [0.29, 0.717) is 22.2 Å². The van der Waals surface area contributed by atoms with Crippen molar-refractivity contribution in [1.29, 1.82) is 0 Å². The van der Waals surface area contributed by atoms with Gasteiger partial charge in [-0.15, -0.1) is 0 Å². The molecule has 0 fully saturated rings. The Labute approximate surface area is 181 Å². The number of benzene rings is 3. The summed E-state index contributed by atoms with van der Waals surface area (Å²) in [7, 11) is 0. The molecule has 0 radical (unpaired) electrons. The average molecular weight is 429 g/mol. The smallest absolute Gasteiger partial charge is 0.407 e. The fourth-order valence-electron chi connectivity index (χ4n) is 3.67. The molecule has 32 heavy (non-hydrogen) atoms. The van der Waals surface area contributed by atoms with Gasteiger partial charge in [-0.25, -0.2) is 14.2 Å². The lowest BCUT2D eigenvalue weighted by Crippen LogP contribution is -2.24. The second-order valence-electron chi connectivity index (χ2n) is 7.33. The maximum Gasteiger partial charge on any atom is 0.407 e. The molecule has 0 bridgehead atoms. The monoisotopic (exact) mass is 429 g/mol. The first-order valence-corrected chi connectivity index (χ1v) is 9.86. The summed E-state index contributed by atoms with van der Waals surface area (Å²) < 4.78 is 20.0. The van der Waals surface area contributed by atoms with Gasteiger partial charge in [-0.1, -0.05) is 36.4 Å². The van der Waals surface area contributed by atoms with Gasteiger partial charge in [0.15, 0.2) is 5.82 Å². The van der Waals surface area contributed by atoms with Crippen LogP contribution in [0.5, 0.6) is 0 Å². The van der Waals surface area contributed by atoms with Crippen LogP contribution in [0.25, 0.3) is 16.6 Å². The molecule has 1 aromatic heterocycles. The summed E-state index contributed by atoms with van der Waals surface area (Å²) in [4.78, 5) is 42.0. The highest BCUT2D eigenvalue weighted by Crippen LogP contribution is 2.27. The summed E-state index contributed by atoms with van der Waals surface area (Å²) in [6.45, 7) is 0.307. The summed E-state index contributed by atoms with van der Waals surface area (Å²) in [6, 6.07) is 17.9. The number of amides is 1.